The van der Waals surface area contributed by atoms with E-state index in [-0.39, 0.29) is 11.5 Å². The minimum absolute atomic E-state index is 0.0989. The van der Waals surface area contributed by atoms with Crippen LogP contribution in [-0.2, 0) is 0 Å². The fraction of sp³-hybridized carbons (Fsp3) is 0.185. The summed E-state index contributed by atoms with van der Waals surface area (Å²) in [5.74, 6) is 0.382. The van der Waals surface area contributed by atoms with Crippen molar-refractivity contribution in [3.05, 3.63) is 95.8 Å². The van der Waals surface area contributed by atoms with Crippen molar-refractivity contribution in [3.63, 3.8) is 0 Å². The van der Waals surface area contributed by atoms with E-state index in [2.05, 4.69) is 10.5 Å². The molecule has 1 unspecified atom stereocenters. The van der Waals surface area contributed by atoms with E-state index in [4.69, 9.17) is 21.5 Å². The van der Waals surface area contributed by atoms with Crippen molar-refractivity contribution < 1.29 is 19.5 Å². The number of benzene rings is 2. The van der Waals surface area contributed by atoms with Crippen LogP contribution in [0, 0.1) is 12.8 Å². The molecule has 0 radical (unpaired) electrons. The maximum absolute atomic E-state index is 10.7. The molecule has 1 aliphatic carbocycles. The monoisotopic (exact) mass is 476 g/mol. The summed E-state index contributed by atoms with van der Waals surface area (Å²) in [4.78, 5) is 0.464. The number of thiocarbonyl (C=S) groups is 1. The minimum atomic E-state index is -0.491. The number of hydrogen-bond acceptors (Lipinski definition) is 6. The summed E-state index contributed by atoms with van der Waals surface area (Å²) in [6.45, 7) is 5.83. The second-order valence-electron chi connectivity index (χ2n) is 7.28. The molecule has 1 heterocycles. The molecule has 176 valence electrons. The van der Waals surface area contributed by atoms with E-state index < -0.39 is 5.92 Å². The maximum Gasteiger partial charge on any atom is 0.178 e. The van der Waals surface area contributed by atoms with Crippen molar-refractivity contribution in [2.45, 2.75) is 20.8 Å². The Balaban J connectivity index is 0.00000158. The summed E-state index contributed by atoms with van der Waals surface area (Å²) in [6, 6.07) is 17.0. The molecule has 0 fully saturated rings. The molecule has 7 heteroatoms. The number of aryl methyl sites for hydroxylation is 1. The Bertz CT molecular complexity index is 1230. The van der Waals surface area contributed by atoms with E-state index in [0.29, 0.717) is 22.0 Å². The van der Waals surface area contributed by atoms with Crippen LogP contribution in [0.15, 0.2) is 88.9 Å². The smallest absolute Gasteiger partial charge is 0.178 e. The molecule has 0 saturated heterocycles. The minimum Gasteiger partial charge on any atom is -0.508 e. The van der Waals surface area contributed by atoms with Gasteiger partial charge in [-0.1, -0.05) is 67.6 Å². The Morgan fingerprint density at radius 2 is 1.71 bits per heavy atom. The van der Waals surface area contributed by atoms with Crippen molar-refractivity contribution in [2.75, 3.05) is 12.4 Å². The normalized spacial score (nSPS) is 15.1. The Kier molecular flexibility index (Phi) is 8.27. The van der Waals surface area contributed by atoms with Crippen molar-refractivity contribution in [2.24, 2.45) is 5.92 Å². The molecule has 0 saturated carbocycles. The quantitative estimate of drug-likeness (QED) is 0.341. The van der Waals surface area contributed by atoms with Crippen molar-refractivity contribution in [1.82, 2.24) is 5.16 Å². The SMILES string of the molecule is CC.COc1ccc(-c2c(C)noc2C2=CC(C(=S)Nc3ccccc3)C=C(O)C=C2O)cc1. The Hall–Kier alpha value is -3.84. The average molecular weight is 477 g/mol. The molecule has 1 aromatic heterocycles. The number of nitrogens with zero attached hydrogens (tertiary/aromatic N) is 1. The number of aromatic nitrogens is 1. The zero-order valence-corrected chi connectivity index (χ0v) is 20.4. The first-order valence-electron chi connectivity index (χ1n) is 11.0. The zero-order valence-electron chi connectivity index (χ0n) is 19.6. The summed E-state index contributed by atoms with van der Waals surface area (Å²) < 4.78 is 10.9. The molecule has 0 spiro atoms. The van der Waals surface area contributed by atoms with Crippen molar-refractivity contribution in [3.8, 4) is 16.9 Å². The summed E-state index contributed by atoms with van der Waals surface area (Å²) in [5, 5.41) is 28.3. The highest BCUT2D eigenvalue weighted by atomic mass is 32.1. The lowest BCUT2D eigenvalue weighted by Crippen LogP contribution is -2.18. The third kappa shape index (κ3) is 5.55. The molecule has 34 heavy (non-hydrogen) atoms. The van der Waals surface area contributed by atoms with Crippen LogP contribution in [0.4, 0.5) is 5.69 Å². The van der Waals surface area contributed by atoms with Crippen LogP contribution in [0.1, 0.15) is 25.3 Å². The van der Waals surface area contributed by atoms with E-state index in [1.165, 1.54) is 6.08 Å². The summed E-state index contributed by atoms with van der Waals surface area (Å²) in [6.07, 6.45) is 4.59. The highest BCUT2D eigenvalue weighted by Crippen LogP contribution is 2.37. The number of aliphatic hydroxyl groups excluding tert-OH is 2. The molecule has 0 amide bonds. The van der Waals surface area contributed by atoms with Crippen molar-refractivity contribution in [1.29, 1.82) is 0 Å². The van der Waals surface area contributed by atoms with E-state index in [1.807, 2.05) is 75.4 Å². The van der Waals surface area contributed by atoms with Gasteiger partial charge >= 0.3 is 0 Å². The second-order valence-corrected chi connectivity index (χ2v) is 7.72. The van der Waals surface area contributed by atoms with Gasteiger partial charge < -0.3 is 24.8 Å². The van der Waals surface area contributed by atoms with Gasteiger partial charge in [-0.25, -0.2) is 0 Å². The largest absolute Gasteiger partial charge is 0.508 e. The molecule has 6 nitrogen and oxygen atoms in total. The van der Waals surface area contributed by atoms with Gasteiger partial charge in [-0.3, -0.25) is 0 Å². The molecular weight excluding hydrogens is 448 g/mol. The summed E-state index contributed by atoms with van der Waals surface area (Å²) in [7, 11) is 1.61. The standard InChI is InChI=1S/C25H22N2O4S.C2H6/c1-15-23(16-8-10-20(30-2)11-9-16)24(31-27-15)21-13-17(12-19(28)14-22(21)29)25(32)26-18-6-4-3-5-7-18;1-2/h3-14,17,28-29H,1-2H3,(H,26,32);1-2H3. The zero-order chi connectivity index (χ0) is 24.7. The van der Waals surface area contributed by atoms with Crippen LogP contribution in [0.3, 0.4) is 0 Å². The second kappa shape index (κ2) is 11.3. The van der Waals surface area contributed by atoms with Crippen LogP contribution in [0.2, 0.25) is 0 Å². The first-order chi connectivity index (χ1) is 16.5. The fourth-order valence-corrected chi connectivity index (χ4v) is 3.76. The number of para-hydroxylation sites is 1. The van der Waals surface area contributed by atoms with Gasteiger partial charge in [-0.05, 0) is 42.8 Å². The number of nitrogens with one attached hydrogen (secondary N) is 1. The van der Waals surface area contributed by atoms with Crippen LogP contribution < -0.4 is 10.1 Å². The van der Waals surface area contributed by atoms with Gasteiger partial charge in [0.1, 0.15) is 17.3 Å². The third-order valence-electron chi connectivity index (χ3n) is 5.09. The fourth-order valence-electron chi connectivity index (χ4n) is 3.50. The average Bonchev–Trinajstić information content (AvgIpc) is 3.16. The number of anilines is 1. The third-order valence-corrected chi connectivity index (χ3v) is 5.46. The van der Waals surface area contributed by atoms with Crippen LogP contribution in [0.25, 0.3) is 16.7 Å². The molecule has 3 N–H and O–H groups in total. The highest BCUT2D eigenvalue weighted by molar-refractivity contribution is 7.80. The van der Waals surface area contributed by atoms with E-state index in [9.17, 15) is 10.2 Å². The Morgan fingerprint density at radius 1 is 1.03 bits per heavy atom. The molecule has 4 rings (SSSR count). The maximum atomic E-state index is 10.7. The number of allylic oxidation sites excluding steroid dienone is 2. The van der Waals surface area contributed by atoms with Gasteiger partial charge in [0, 0.05) is 11.8 Å². The van der Waals surface area contributed by atoms with Crippen LogP contribution in [-0.4, -0.2) is 27.5 Å². The Labute approximate surface area is 204 Å². The van der Waals surface area contributed by atoms with Crippen LogP contribution >= 0.6 is 12.2 Å². The summed E-state index contributed by atoms with van der Waals surface area (Å²) in [5.41, 5.74) is 3.48. The number of hydrogen-bond donors (Lipinski definition) is 3. The number of rotatable bonds is 5. The predicted octanol–water partition coefficient (Wildman–Crippen LogP) is 7.02. The van der Waals surface area contributed by atoms with Gasteiger partial charge in [0.05, 0.1) is 34.8 Å². The Morgan fingerprint density at radius 3 is 2.35 bits per heavy atom. The van der Waals surface area contributed by atoms with Crippen LogP contribution in [0.5, 0.6) is 5.75 Å². The lowest BCUT2D eigenvalue weighted by Gasteiger charge is -2.14. The topological polar surface area (TPSA) is 87.8 Å². The lowest BCUT2D eigenvalue weighted by molar-refractivity contribution is 0.389. The van der Waals surface area contributed by atoms with E-state index in [0.717, 1.165) is 22.6 Å². The molecule has 3 aromatic rings. The molecule has 1 aliphatic rings. The van der Waals surface area contributed by atoms with E-state index in [1.54, 1.807) is 19.3 Å². The number of aliphatic hydroxyl groups is 2. The van der Waals surface area contributed by atoms with Gasteiger partial charge in [0.2, 0.25) is 0 Å². The molecule has 2 aromatic carbocycles. The first-order valence-corrected chi connectivity index (χ1v) is 11.4. The van der Waals surface area contributed by atoms with E-state index >= 15 is 0 Å². The number of ether oxygens (including phenoxy) is 1. The summed E-state index contributed by atoms with van der Waals surface area (Å²) >= 11 is 5.59. The van der Waals surface area contributed by atoms with Gasteiger partial charge in [0.15, 0.2) is 5.76 Å². The molecule has 0 bridgehead atoms. The molecular formula is C27H28N2O4S. The highest BCUT2D eigenvalue weighted by Gasteiger charge is 2.25. The lowest BCUT2D eigenvalue weighted by atomic mass is 9.96. The predicted molar refractivity (Wildman–Crippen MR) is 140 cm³/mol. The molecule has 0 aliphatic heterocycles. The van der Waals surface area contributed by atoms with Gasteiger partial charge in [-0.2, -0.15) is 0 Å². The van der Waals surface area contributed by atoms with Crippen molar-refractivity contribution >= 4 is 28.5 Å². The molecule has 1 atom stereocenters. The number of methoxy groups -OCH3 is 1. The van der Waals surface area contributed by atoms with Gasteiger partial charge in [0.25, 0.3) is 0 Å². The van der Waals surface area contributed by atoms with Gasteiger partial charge in [-0.15, -0.1) is 0 Å². The first kappa shape index (κ1) is 24.8.